The highest BCUT2D eigenvalue weighted by Crippen LogP contribution is 2.43. The zero-order valence-corrected chi connectivity index (χ0v) is 20.9. The third-order valence-corrected chi connectivity index (χ3v) is 8.64. The molecule has 0 aliphatic carbocycles. The van der Waals surface area contributed by atoms with Crippen LogP contribution in [0, 0.1) is 0 Å². The molecule has 0 fully saturated rings. The first-order valence-corrected chi connectivity index (χ1v) is 14.0. The van der Waals surface area contributed by atoms with Crippen molar-refractivity contribution in [3.05, 3.63) is 102 Å². The van der Waals surface area contributed by atoms with Crippen LogP contribution in [0.5, 0.6) is 5.75 Å². The maximum Gasteiger partial charge on any atom is 0.313 e. The van der Waals surface area contributed by atoms with Crippen LogP contribution >= 0.6 is 0 Å². The van der Waals surface area contributed by atoms with E-state index in [9.17, 15) is 16.8 Å². The fourth-order valence-electron chi connectivity index (χ4n) is 4.35. The van der Waals surface area contributed by atoms with Crippen LogP contribution in [0.2, 0.25) is 0 Å². The molecular formula is C26H27NO5S2. The van der Waals surface area contributed by atoms with Gasteiger partial charge in [0, 0.05) is 5.56 Å². The summed E-state index contributed by atoms with van der Waals surface area (Å²) in [6.45, 7) is 5.57. The largest absolute Gasteiger partial charge is 0.382 e. The molecule has 0 spiro atoms. The summed E-state index contributed by atoms with van der Waals surface area (Å²) in [5, 5.41) is 0. The average Bonchev–Trinajstić information content (AvgIpc) is 2.74. The lowest BCUT2D eigenvalue weighted by Gasteiger charge is -2.42. The molecule has 1 aliphatic heterocycles. The first kappa shape index (κ1) is 24.0. The minimum absolute atomic E-state index is 0.141. The third kappa shape index (κ3) is 5.18. The number of allylic oxidation sites excluding steroid dienone is 1. The molecule has 0 aromatic heterocycles. The van der Waals surface area contributed by atoms with Crippen molar-refractivity contribution in [3.63, 3.8) is 0 Å². The van der Waals surface area contributed by atoms with Gasteiger partial charge in [0.25, 0.3) is 0 Å². The quantitative estimate of drug-likeness (QED) is 0.423. The molecule has 3 aromatic carbocycles. The lowest BCUT2D eigenvalue weighted by Crippen LogP contribution is -2.49. The van der Waals surface area contributed by atoms with Gasteiger partial charge in [-0.15, -0.1) is 0 Å². The first-order chi connectivity index (χ1) is 16.0. The highest BCUT2D eigenvalue weighted by molar-refractivity contribution is 7.92. The lowest BCUT2D eigenvalue weighted by atomic mass is 9.91. The topological polar surface area (TPSA) is 80.8 Å². The summed E-state index contributed by atoms with van der Waals surface area (Å²) in [5.41, 5.74) is 2.47. The number of benzene rings is 3. The van der Waals surface area contributed by atoms with Crippen molar-refractivity contribution in [2.75, 3.05) is 4.31 Å². The Morgan fingerprint density at radius 3 is 1.94 bits per heavy atom. The Hall–Kier alpha value is -3.10. The fraction of sp³-hybridized carbons (Fsp3) is 0.231. The highest BCUT2D eigenvalue weighted by atomic mass is 32.2. The van der Waals surface area contributed by atoms with E-state index in [0.29, 0.717) is 22.4 Å². The van der Waals surface area contributed by atoms with Crippen LogP contribution in [0.1, 0.15) is 37.5 Å². The predicted molar refractivity (Wildman–Crippen MR) is 135 cm³/mol. The van der Waals surface area contributed by atoms with Gasteiger partial charge >= 0.3 is 10.1 Å². The normalized spacial score (nSPS) is 15.4. The van der Waals surface area contributed by atoms with Gasteiger partial charge in [-0.2, -0.15) is 8.42 Å². The zero-order valence-electron chi connectivity index (χ0n) is 19.3. The van der Waals surface area contributed by atoms with Crippen molar-refractivity contribution >= 4 is 31.4 Å². The molecule has 3 aromatic rings. The molecule has 6 nitrogen and oxygen atoms in total. The monoisotopic (exact) mass is 497 g/mol. The van der Waals surface area contributed by atoms with Gasteiger partial charge in [0.2, 0.25) is 10.0 Å². The van der Waals surface area contributed by atoms with Crippen molar-refractivity contribution in [1.29, 1.82) is 0 Å². The van der Waals surface area contributed by atoms with Crippen LogP contribution in [0.4, 0.5) is 5.69 Å². The second-order valence-corrected chi connectivity index (χ2v) is 12.3. The number of hydrogen-bond donors (Lipinski definition) is 0. The van der Waals surface area contributed by atoms with E-state index in [-0.39, 0.29) is 17.3 Å². The average molecular weight is 498 g/mol. The third-order valence-electron chi connectivity index (χ3n) is 5.58. The molecule has 1 aliphatic rings. The van der Waals surface area contributed by atoms with Crippen LogP contribution in [0.25, 0.3) is 5.57 Å². The number of sulfonamides is 1. The minimum Gasteiger partial charge on any atom is -0.382 e. The molecule has 0 atom stereocenters. The predicted octanol–water partition coefficient (Wildman–Crippen LogP) is 5.13. The van der Waals surface area contributed by atoms with Gasteiger partial charge in [-0.1, -0.05) is 66.7 Å². The molecule has 34 heavy (non-hydrogen) atoms. The van der Waals surface area contributed by atoms with Crippen molar-refractivity contribution in [2.24, 2.45) is 0 Å². The molecule has 0 amide bonds. The number of fused-ring (bicyclic) bond motifs is 1. The van der Waals surface area contributed by atoms with E-state index in [1.165, 1.54) is 10.4 Å². The zero-order chi connectivity index (χ0) is 24.6. The molecule has 8 heteroatoms. The first-order valence-electron chi connectivity index (χ1n) is 10.8. The van der Waals surface area contributed by atoms with Gasteiger partial charge in [0.05, 0.1) is 17.0 Å². The van der Waals surface area contributed by atoms with E-state index < -0.39 is 25.7 Å². The van der Waals surface area contributed by atoms with Gasteiger partial charge < -0.3 is 4.18 Å². The summed E-state index contributed by atoms with van der Waals surface area (Å²) >= 11 is 0. The second-order valence-electron chi connectivity index (χ2n) is 8.94. The molecule has 0 saturated heterocycles. The van der Waals surface area contributed by atoms with Crippen LogP contribution in [-0.4, -0.2) is 22.4 Å². The standard InChI is InChI=1S/C26H27NO5S2/c1-20-17-26(2,3)27(33(28,29)18-21-10-6-4-7-11-21)25-15-14-23(16-24(20)25)32-34(30,31)19-22-12-8-5-9-13-22/h4-17H,18-19H2,1-3H3. The number of anilines is 1. The van der Waals surface area contributed by atoms with E-state index >= 15 is 0 Å². The number of rotatable bonds is 7. The van der Waals surface area contributed by atoms with Gasteiger partial charge in [0.15, 0.2) is 0 Å². The molecule has 0 saturated carbocycles. The Balaban J connectivity index is 1.68. The molecule has 178 valence electrons. The Kier molecular flexibility index (Phi) is 6.31. The maximum atomic E-state index is 13.5. The molecule has 0 bridgehead atoms. The van der Waals surface area contributed by atoms with Crippen LogP contribution in [0.15, 0.2) is 84.9 Å². The Morgan fingerprint density at radius 2 is 1.35 bits per heavy atom. The van der Waals surface area contributed by atoms with E-state index in [4.69, 9.17) is 4.18 Å². The Labute approximate surface area is 201 Å². The van der Waals surface area contributed by atoms with Gasteiger partial charge in [-0.05, 0) is 55.7 Å². The lowest BCUT2D eigenvalue weighted by molar-refractivity contribution is 0.484. The van der Waals surface area contributed by atoms with Crippen molar-refractivity contribution in [2.45, 2.75) is 37.8 Å². The van der Waals surface area contributed by atoms with Crippen LogP contribution in [0.3, 0.4) is 0 Å². The molecule has 1 heterocycles. The maximum absolute atomic E-state index is 13.5. The molecule has 0 radical (unpaired) electrons. The minimum atomic E-state index is -3.89. The summed E-state index contributed by atoms with van der Waals surface area (Å²) in [6.07, 6.45) is 1.88. The van der Waals surface area contributed by atoms with Gasteiger partial charge in [-0.25, -0.2) is 8.42 Å². The smallest absolute Gasteiger partial charge is 0.313 e. The van der Waals surface area contributed by atoms with Gasteiger partial charge in [-0.3, -0.25) is 4.31 Å². The molecule has 4 rings (SSSR count). The highest BCUT2D eigenvalue weighted by Gasteiger charge is 2.39. The SMILES string of the molecule is CC1=CC(C)(C)N(S(=O)(=O)Cc2ccccc2)c2ccc(OS(=O)(=O)Cc3ccccc3)cc21. The number of hydrogen-bond acceptors (Lipinski definition) is 5. The van der Waals surface area contributed by atoms with Crippen molar-refractivity contribution in [1.82, 2.24) is 0 Å². The van der Waals surface area contributed by atoms with Gasteiger partial charge in [0.1, 0.15) is 11.5 Å². The van der Waals surface area contributed by atoms with Crippen molar-refractivity contribution in [3.8, 4) is 5.75 Å². The van der Waals surface area contributed by atoms with Crippen LogP contribution < -0.4 is 8.49 Å². The molecule has 0 N–H and O–H groups in total. The summed E-state index contributed by atoms with van der Waals surface area (Å²) in [5.74, 6) is -0.264. The summed E-state index contributed by atoms with van der Waals surface area (Å²) in [7, 11) is -7.63. The number of nitrogens with zero attached hydrogens (tertiary/aromatic N) is 1. The second kappa shape index (κ2) is 8.92. The van der Waals surface area contributed by atoms with E-state index in [1.54, 1.807) is 48.5 Å². The van der Waals surface area contributed by atoms with E-state index in [0.717, 1.165) is 5.57 Å². The fourth-order valence-corrected chi connectivity index (χ4v) is 7.38. The van der Waals surface area contributed by atoms with E-state index in [2.05, 4.69) is 0 Å². The van der Waals surface area contributed by atoms with E-state index in [1.807, 2.05) is 51.1 Å². The molecule has 0 unspecified atom stereocenters. The molecular weight excluding hydrogens is 470 g/mol. The Morgan fingerprint density at radius 1 is 0.794 bits per heavy atom. The van der Waals surface area contributed by atoms with Crippen LogP contribution in [-0.2, 0) is 31.6 Å². The Bertz CT molecular complexity index is 1430. The van der Waals surface area contributed by atoms with Crippen molar-refractivity contribution < 1.29 is 21.0 Å². The summed E-state index contributed by atoms with van der Waals surface area (Å²) < 4.78 is 59.0. The summed E-state index contributed by atoms with van der Waals surface area (Å²) in [6, 6.07) is 22.5. The summed E-state index contributed by atoms with van der Waals surface area (Å²) in [4.78, 5) is 0.